The third-order valence-corrected chi connectivity index (χ3v) is 6.32. The van der Waals surface area contributed by atoms with Crippen LogP contribution in [0.25, 0.3) is 16.9 Å². The van der Waals surface area contributed by atoms with E-state index in [1.807, 2.05) is 6.20 Å². The molecule has 0 N–H and O–H groups in total. The van der Waals surface area contributed by atoms with Gasteiger partial charge in [0.25, 0.3) is 0 Å². The Balaban J connectivity index is 1.79. The van der Waals surface area contributed by atoms with Crippen LogP contribution in [0.3, 0.4) is 0 Å². The molecule has 0 radical (unpaired) electrons. The second kappa shape index (κ2) is 7.06. The summed E-state index contributed by atoms with van der Waals surface area (Å²) in [6.07, 6.45) is 7.83. The highest BCUT2D eigenvalue weighted by atomic mass is 35.5. The minimum absolute atomic E-state index is 0.511. The van der Waals surface area contributed by atoms with Crippen molar-refractivity contribution in [3.63, 3.8) is 0 Å². The fourth-order valence-electron chi connectivity index (χ4n) is 4.19. The molecule has 2 aliphatic rings. The zero-order chi connectivity index (χ0) is 20.3. The van der Waals surface area contributed by atoms with E-state index >= 15 is 0 Å². The van der Waals surface area contributed by atoms with Crippen LogP contribution in [0.2, 0.25) is 10.0 Å². The number of halogens is 2. The van der Waals surface area contributed by atoms with Gasteiger partial charge in [0.05, 0.1) is 23.4 Å². The van der Waals surface area contributed by atoms with Crippen LogP contribution >= 0.6 is 23.2 Å². The van der Waals surface area contributed by atoms with Crippen molar-refractivity contribution in [2.24, 2.45) is 0 Å². The Morgan fingerprint density at radius 2 is 1.86 bits per heavy atom. The first-order chi connectivity index (χ1) is 14.0. The normalized spacial score (nSPS) is 16.4. The average Bonchev–Trinajstić information content (AvgIpc) is 3.61. The van der Waals surface area contributed by atoms with Gasteiger partial charge in [-0.05, 0) is 51.2 Å². The van der Waals surface area contributed by atoms with Crippen molar-refractivity contribution in [3.05, 3.63) is 39.8 Å². The highest BCUT2D eigenvalue weighted by Crippen LogP contribution is 2.45. The third kappa shape index (κ3) is 3.15. The van der Waals surface area contributed by atoms with Crippen molar-refractivity contribution in [2.75, 3.05) is 12.0 Å². The Kier molecular flexibility index (Phi) is 4.63. The molecule has 2 heterocycles. The van der Waals surface area contributed by atoms with Gasteiger partial charge in [-0.3, -0.25) is 9.38 Å². The predicted molar refractivity (Wildman–Crippen MR) is 118 cm³/mol. The maximum Gasteiger partial charge on any atom is 0.165 e. The molecule has 0 atom stereocenters. The summed E-state index contributed by atoms with van der Waals surface area (Å²) >= 11 is 12.8. The van der Waals surface area contributed by atoms with E-state index in [0.29, 0.717) is 27.9 Å². The lowest BCUT2D eigenvalue weighted by atomic mass is 10.1. The smallest absolute Gasteiger partial charge is 0.165 e. The van der Waals surface area contributed by atoms with Crippen molar-refractivity contribution in [2.45, 2.75) is 58.0 Å². The molecule has 0 saturated heterocycles. The summed E-state index contributed by atoms with van der Waals surface area (Å²) < 4.78 is 7.86. The van der Waals surface area contributed by atoms with E-state index in [2.05, 4.69) is 23.1 Å². The van der Waals surface area contributed by atoms with Crippen LogP contribution in [0, 0.1) is 6.92 Å². The van der Waals surface area contributed by atoms with Gasteiger partial charge in [-0.25, -0.2) is 4.98 Å². The summed E-state index contributed by atoms with van der Waals surface area (Å²) in [6.45, 7) is 4.26. The van der Waals surface area contributed by atoms with Gasteiger partial charge in [-0.2, -0.15) is 0 Å². The van der Waals surface area contributed by atoms with Gasteiger partial charge < -0.3 is 9.64 Å². The molecule has 5 rings (SSSR count). The fourth-order valence-corrected chi connectivity index (χ4v) is 4.76. The third-order valence-electron chi connectivity index (χ3n) is 5.80. The summed E-state index contributed by atoms with van der Waals surface area (Å²) in [6, 6.07) is 4.77. The van der Waals surface area contributed by atoms with Crippen LogP contribution in [0.5, 0.6) is 5.75 Å². The van der Waals surface area contributed by atoms with E-state index in [1.165, 1.54) is 31.5 Å². The van der Waals surface area contributed by atoms with Gasteiger partial charge in [-0.15, -0.1) is 0 Å². The van der Waals surface area contributed by atoms with E-state index in [4.69, 9.17) is 37.9 Å². The van der Waals surface area contributed by atoms with E-state index in [0.717, 1.165) is 34.7 Å². The van der Waals surface area contributed by atoms with Crippen LogP contribution in [0.15, 0.2) is 18.3 Å². The molecule has 0 spiro atoms. The molecule has 5 nitrogen and oxygen atoms in total. The number of imidazole rings is 1. The standard InChI is InChI=1S/C22H24Cl2N4O/c1-4-17-22(28(14-5-6-14)15-7-8-15)27-12(2)11-25-20(21(27)26-17)19-16(24)9-13(23)10-18(19)29-3/h9-11,14-15H,4-8H2,1-3H3. The summed E-state index contributed by atoms with van der Waals surface area (Å²) in [5.41, 5.74) is 4.46. The van der Waals surface area contributed by atoms with Crippen molar-refractivity contribution < 1.29 is 4.74 Å². The SMILES string of the molecule is CCc1nc2c(-c3c(Cl)cc(Cl)cc3OC)ncc(C)n2c1N(C1CC1)C1CC1. The molecule has 1 aromatic carbocycles. The molecule has 0 bridgehead atoms. The van der Waals surface area contributed by atoms with Crippen molar-refractivity contribution in [1.82, 2.24) is 14.4 Å². The Morgan fingerprint density at radius 1 is 1.17 bits per heavy atom. The molecule has 3 aromatic rings. The Bertz CT molecular complexity index is 1090. The van der Waals surface area contributed by atoms with Crippen LogP contribution in [-0.2, 0) is 6.42 Å². The number of benzene rings is 1. The van der Waals surface area contributed by atoms with Crippen LogP contribution in [-0.4, -0.2) is 33.6 Å². The Hall–Kier alpha value is -1.98. The number of aryl methyl sites for hydroxylation is 2. The fraction of sp³-hybridized carbons (Fsp3) is 0.455. The topological polar surface area (TPSA) is 42.7 Å². The molecular weight excluding hydrogens is 407 g/mol. The largest absolute Gasteiger partial charge is 0.496 e. The zero-order valence-electron chi connectivity index (χ0n) is 16.9. The Morgan fingerprint density at radius 3 is 2.45 bits per heavy atom. The summed E-state index contributed by atoms with van der Waals surface area (Å²) in [7, 11) is 1.62. The first kappa shape index (κ1) is 19.0. The lowest BCUT2D eigenvalue weighted by molar-refractivity contribution is 0.416. The number of methoxy groups -OCH3 is 1. The second-order valence-corrected chi connectivity index (χ2v) is 8.82. The lowest BCUT2D eigenvalue weighted by Crippen LogP contribution is -2.30. The highest BCUT2D eigenvalue weighted by Gasteiger charge is 2.42. The molecule has 0 amide bonds. The molecule has 152 valence electrons. The van der Waals surface area contributed by atoms with E-state index in [9.17, 15) is 0 Å². The minimum atomic E-state index is 0.511. The quantitative estimate of drug-likeness (QED) is 0.501. The number of aromatic nitrogens is 3. The highest BCUT2D eigenvalue weighted by molar-refractivity contribution is 6.37. The van der Waals surface area contributed by atoms with Gasteiger partial charge in [0.15, 0.2) is 5.65 Å². The van der Waals surface area contributed by atoms with E-state index in [-0.39, 0.29) is 0 Å². The number of hydrogen-bond donors (Lipinski definition) is 0. The molecular formula is C22H24Cl2N4O. The number of rotatable bonds is 6. The average molecular weight is 431 g/mol. The first-order valence-corrected chi connectivity index (χ1v) is 11.0. The molecule has 2 aromatic heterocycles. The van der Waals surface area contributed by atoms with Gasteiger partial charge >= 0.3 is 0 Å². The van der Waals surface area contributed by atoms with Crippen LogP contribution in [0.1, 0.15) is 44.0 Å². The zero-order valence-corrected chi connectivity index (χ0v) is 18.4. The minimum Gasteiger partial charge on any atom is -0.496 e. The van der Waals surface area contributed by atoms with Gasteiger partial charge in [0.1, 0.15) is 17.3 Å². The summed E-state index contributed by atoms with van der Waals surface area (Å²) in [4.78, 5) is 12.4. The maximum atomic E-state index is 6.60. The number of fused-ring (bicyclic) bond motifs is 1. The summed E-state index contributed by atoms with van der Waals surface area (Å²) in [5.74, 6) is 1.84. The van der Waals surface area contributed by atoms with Crippen molar-refractivity contribution in [1.29, 1.82) is 0 Å². The number of hydrogen-bond acceptors (Lipinski definition) is 4. The lowest BCUT2D eigenvalue weighted by Gasteiger charge is -2.25. The number of anilines is 1. The first-order valence-electron chi connectivity index (χ1n) is 10.2. The molecule has 2 fully saturated rings. The predicted octanol–water partition coefficient (Wildman–Crippen LogP) is 5.71. The van der Waals surface area contributed by atoms with Gasteiger partial charge in [0, 0.05) is 29.0 Å². The number of nitrogens with zero attached hydrogens (tertiary/aromatic N) is 4. The van der Waals surface area contributed by atoms with Gasteiger partial charge in [-0.1, -0.05) is 30.1 Å². The molecule has 2 aliphatic carbocycles. The van der Waals surface area contributed by atoms with Crippen LogP contribution < -0.4 is 9.64 Å². The van der Waals surface area contributed by atoms with E-state index in [1.54, 1.807) is 19.2 Å². The molecule has 7 heteroatoms. The maximum absolute atomic E-state index is 6.60. The number of ether oxygens (including phenoxy) is 1. The molecule has 0 unspecified atom stereocenters. The molecule has 0 aliphatic heterocycles. The monoisotopic (exact) mass is 430 g/mol. The van der Waals surface area contributed by atoms with Crippen LogP contribution in [0.4, 0.5) is 5.82 Å². The van der Waals surface area contributed by atoms with Crippen molar-refractivity contribution in [3.8, 4) is 17.0 Å². The van der Waals surface area contributed by atoms with Gasteiger partial charge in [0.2, 0.25) is 0 Å². The second-order valence-electron chi connectivity index (χ2n) is 7.98. The molecule has 29 heavy (non-hydrogen) atoms. The van der Waals surface area contributed by atoms with Crippen molar-refractivity contribution >= 4 is 34.7 Å². The molecule has 2 saturated carbocycles. The summed E-state index contributed by atoms with van der Waals surface area (Å²) in [5, 5.41) is 1.04. The Labute approximate surface area is 180 Å². The van der Waals surface area contributed by atoms with E-state index < -0.39 is 0 Å².